The van der Waals surface area contributed by atoms with Crippen molar-refractivity contribution >= 4 is 38.5 Å². The fraction of sp³-hybridized carbons (Fsp3) is 0.241. The molecule has 3 aromatic carbocycles. The smallest absolute Gasteiger partial charge is 0.295 e. The molecule has 1 unspecified atom stereocenters. The minimum absolute atomic E-state index is 0.0856. The molecule has 0 radical (unpaired) electrons. The summed E-state index contributed by atoms with van der Waals surface area (Å²) in [6.07, 6.45) is 0.939. The summed E-state index contributed by atoms with van der Waals surface area (Å²) in [5.74, 6) is 0.999. The van der Waals surface area contributed by atoms with Crippen LogP contribution in [0.3, 0.4) is 0 Å². The van der Waals surface area contributed by atoms with Crippen molar-refractivity contribution in [2.24, 2.45) is 5.92 Å². The molecule has 0 spiro atoms. The van der Waals surface area contributed by atoms with Crippen LogP contribution >= 0.6 is 15.9 Å². The summed E-state index contributed by atoms with van der Waals surface area (Å²) >= 11 is 3.44. The van der Waals surface area contributed by atoms with Crippen LogP contribution in [0.5, 0.6) is 5.75 Å². The van der Waals surface area contributed by atoms with Crippen molar-refractivity contribution in [2.45, 2.75) is 33.2 Å². The molecule has 2 heterocycles. The van der Waals surface area contributed by atoms with Crippen LogP contribution in [0.25, 0.3) is 11.0 Å². The van der Waals surface area contributed by atoms with E-state index in [9.17, 15) is 9.59 Å². The van der Waals surface area contributed by atoms with E-state index in [-0.39, 0.29) is 17.1 Å². The van der Waals surface area contributed by atoms with Crippen LogP contribution in [0.4, 0.5) is 5.69 Å². The Morgan fingerprint density at radius 2 is 1.83 bits per heavy atom. The molecule has 0 fully saturated rings. The zero-order valence-electron chi connectivity index (χ0n) is 19.9. The quantitative estimate of drug-likeness (QED) is 0.267. The summed E-state index contributed by atoms with van der Waals surface area (Å²) in [6.45, 7) is 6.89. The predicted molar refractivity (Wildman–Crippen MR) is 141 cm³/mol. The molecule has 1 atom stereocenters. The van der Waals surface area contributed by atoms with Crippen LogP contribution in [0.15, 0.2) is 80.4 Å². The van der Waals surface area contributed by atoms with Gasteiger partial charge in [0.1, 0.15) is 11.3 Å². The molecule has 0 saturated carbocycles. The molecule has 178 valence electrons. The van der Waals surface area contributed by atoms with Gasteiger partial charge in [-0.05, 0) is 72.9 Å². The first-order chi connectivity index (χ1) is 16.8. The second-order valence-corrected chi connectivity index (χ2v) is 10.3. The Kier molecular flexibility index (Phi) is 6.24. The lowest BCUT2D eigenvalue weighted by atomic mass is 9.98. The minimum atomic E-state index is -0.632. The summed E-state index contributed by atoms with van der Waals surface area (Å²) in [5, 5.41) is 0.436. The Balaban J connectivity index is 1.69. The summed E-state index contributed by atoms with van der Waals surface area (Å²) < 4.78 is 12.8. The monoisotopic (exact) mass is 531 g/mol. The highest BCUT2D eigenvalue weighted by Gasteiger charge is 2.43. The lowest BCUT2D eigenvalue weighted by Crippen LogP contribution is -2.29. The molecule has 0 N–H and O–H groups in total. The van der Waals surface area contributed by atoms with E-state index in [1.54, 1.807) is 23.1 Å². The third kappa shape index (κ3) is 4.39. The molecule has 1 aliphatic heterocycles. The van der Waals surface area contributed by atoms with E-state index in [1.807, 2.05) is 55.5 Å². The number of nitrogens with zero attached hydrogens (tertiary/aromatic N) is 1. The van der Waals surface area contributed by atoms with Crippen molar-refractivity contribution in [3.05, 3.63) is 104 Å². The number of halogens is 1. The lowest BCUT2D eigenvalue weighted by molar-refractivity contribution is 0.0971. The standard InChI is InChI=1S/C29H26BrNO4/c1-17(2)12-13-34-22-9-5-7-19(15-22)26-25-27(32)23-16-20(30)10-11-24(23)35-28(25)29(33)31(26)21-8-4-6-18(3)14-21/h4-11,14-17,26H,12-13H2,1-3H3. The highest BCUT2D eigenvalue weighted by atomic mass is 79.9. The summed E-state index contributed by atoms with van der Waals surface area (Å²) in [6, 6.07) is 20.0. The predicted octanol–water partition coefficient (Wildman–Crippen LogP) is 7.04. The van der Waals surface area contributed by atoms with E-state index in [0.29, 0.717) is 40.5 Å². The first kappa shape index (κ1) is 23.4. The van der Waals surface area contributed by atoms with Crippen LogP contribution in [0.2, 0.25) is 0 Å². The minimum Gasteiger partial charge on any atom is -0.494 e. The van der Waals surface area contributed by atoms with Crippen LogP contribution in [0, 0.1) is 12.8 Å². The average molecular weight is 532 g/mol. The summed E-state index contributed by atoms with van der Waals surface area (Å²) in [4.78, 5) is 29.2. The molecule has 0 aliphatic carbocycles. The number of carbonyl (C=O) groups is 1. The van der Waals surface area contributed by atoms with E-state index in [1.165, 1.54) is 0 Å². The van der Waals surface area contributed by atoms with Gasteiger partial charge in [0.15, 0.2) is 5.43 Å². The Hall–Kier alpha value is -3.38. The number of benzene rings is 3. The number of aryl methyl sites for hydroxylation is 1. The van der Waals surface area contributed by atoms with Crippen molar-refractivity contribution in [1.82, 2.24) is 0 Å². The number of hydrogen-bond donors (Lipinski definition) is 0. The van der Waals surface area contributed by atoms with E-state index in [4.69, 9.17) is 9.15 Å². The third-order valence-corrected chi connectivity index (χ3v) is 6.74. The van der Waals surface area contributed by atoms with Crippen molar-refractivity contribution < 1.29 is 13.9 Å². The number of anilines is 1. The van der Waals surface area contributed by atoms with Crippen molar-refractivity contribution in [3.63, 3.8) is 0 Å². The molecule has 5 rings (SSSR count). The molecule has 4 aromatic rings. The third-order valence-electron chi connectivity index (χ3n) is 6.25. The number of ether oxygens (including phenoxy) is 1. The molecule has 0 bridgehead atoms. The zero-order chi connectivity index (χ0) is 24.7. The second-order valence-electron chi connectivity index (χ2n) is 9.33. The SMILES string of the molecule is Cc1cccc(N2C(=O)c3oc4ccc(Br)cc4c(=O)c3C2c2cccc(OCCC(C)C)c2)c1. The van der Waals surface area contributed by atoms with Gasteiger partial charge in [-0.2, -0.15) is 0 Å². The Labute approximate surface area is 212 Å². The average Bonchev–Trinajstić information content (AvgIpc) is 3.12. The van der Waals surface area contributed by atoms with Crippen LogP contribution in [0.1, 0.15) is 53.6 Å². The van der Waals surface area contributed by atoms with Crippen LogP contribution in [-0.4, -0.2) is 12.5 Å². The molecule has 6 heteroatoms. The van der Waals surface area contributed by atoms with Gasteiger partial charge < -0.3 is 9.15 Å². The molecule has 1 amide bonds. The van der Waals surface area contributed by atoms with Gasteiger partial charge in [0.05, 0.1) is 23.6 Å². The zero-order valence-corrected chi connectivity index (χ0v) is 21.5. The molecule has 0 saturated heterocycles. The maximum absolute atomic E-state index is 13.8. The van der Waals surface area contributed by atoms with Crippen LogP contribution in [-0.2, 0) is 0 Å². The van der Waals surface area contributed by atoms with E-state index >= 15 is 0 Å². The van der Waals surface area contributed by atoms with Gasteiger partial charge in [-0.25, -0.2) is 0 Å². The number of rotatable bonds is 6. The normalized spacial score (nSPS) is 15.2. The first-order valence-corrected chi connectivity index (χ1v) is 12.5. The van der Waals surface area contributed by atoms with Crippen LogP contribution < -0.4 is 15.1 Å². The second kappa shape index (κ2) is 9.34. The molecule has 1 aromatic heterocycles. The van der Waals surface area contributed by atoms with Gasteiger partial charge in [0, 0.05) is 10.2 Å². The topological polar surface area (TPSA) is 59.8 Å². The van der Waals surface area contributed by atoms with Crippen molar-refractivity contribution in [2.75, 3.05) is 11.5 Å². The van der Waals surface area contributed by atoms with Gasteiger partial charge >= 0.3 is 0 Å². The maximum atomic E-state index is 13.8. The molecular weight excluding hydrogens is 506 g/mol. The summed E-state index contributed by atoms with van der Waals surface area (Å²) in [7, 11) is 0. The number of amides is 1. The number of fused-ring (bicyclic) bond motifs is 2. The highest BCUT2D eigenvalue weighted by molar-refractivity contribution is 9.10. The summed E-state index contributed by atoms with van der Waals surface area (Å²) in [5.41, 5.74) is 3.05. The Morgan fingerprint density at radius 3 is 2.60 bits per heavy atom. The maximum Gasteiger partial charge on any atom is 0.295 e. The largest absolute Gasteiger partial charge is 0.494 e. The fourth-order valence-corrected chi connectivity index (χ4v) is 4.85. The molecule has 1 aliphatic rings. The Morgan fingerprint density at radius 1 is 1.03 bits per heavy atom. The van der Waals surface area contributed by atoms with Crippen molar-refractivity contribution in [3.8, 4) is 5.75 Å². The number of hydrogen-bond acceptors (Lipinski definition) is 4. The molecule has 35 heavy (non-hydrogen) atoms. The van der Waals surface area contributed by atoms with Gasteiger partial charge in [-0.1, -0.05) is 54.0 Å². The van der Waals surface area contributed by atoms with Gasteiger partial charge in [0.25, 0.3) is 5.91 Å². The fourth-order valence-electron chi connectivity index (χ4n) is 4.49. The molecule has 5 nitrogen and oxygen atoms in total. The van der Waals surface area contributed by atoms with Gasteiger partial charge in [-0.15, -0.1) is 0 Å². The first-order valence-electron chi connectivity index (χ1n) is 11.7. The number of carbonyl (C=O) groups excluding carboxylic acids is 1. The van der Waals surface area contributed by atoms with Crippen molar-refractivity contribution in [1.29, 1.82) is 0 Å². The van der Waals surface area contributed by atoms with E-state index in [2.05, 4.69) is 29.8 Å². The lowest BCUT2D eigenvalue weighted by Gasteiger charge is -2.26. The van der Waals surface area contributed by atoms with Gasteiger partial charge in [-0.3, -0.25) is 14.5 Å². The van der Waals surface area contributed by atoms with E-state index < -0.39 is 6.04 Å². The van der Waals surface area contributed by atoms with Gasteiger partial charge in [0.2, 0.25) is 5.76 Å². The molecular formula is C29H26BrNO4. The Bertz CT molecular complexity index is 1490. The highest BCUT2D eigenvalue weighted by Crippen LogP contribution is 2.42. The van der Waals surface area contributed by atoms with E-state index in [0.717, 1.165) is 22.0 Å².